The average Bonchev–Trinajstić information content (AvgIpc) is 3.63. The van der Waals surface area contributed by atoms with Gasteiger partial charge in [0.1, 0.15) is 0 Å². The van der Waals surface area contributed by atoms with E-state index in [1.807, 2.05) is 11.8 Å². The molecule has 8 aromatic carbocycles. The highest BCUT2D eigenvalue weighted by atomic mass is 32.2. The number of benzene rings is 8. The summed E-state index contributed by atoms with van der Waals surface area (Å²) in [6.45, 7) is 0. The molecule has 0 radical (unpaired) electrons. The fourth-order valence-corrected chi connectivity index (χ4v) is 10.2. The summed E-state index contributed by atoms with van der Waals surface area (Å²) in [7, 11) is 0. The summed E-state index contributed by atoms with van der Waals surface area (Å²) >= 11 is 1.89. The summed E-state index contributed by atoms with van der Waals surface area (Å²) in [6.07, 6.45) is 0. The van der Waals surface area contributed by atoms with E-state index in [2.05, 4.69) is 170 Å². The first-order valence-corrected chi connectivity index (χ1v) is 17.5. The minimum Gasteiger partial charge on any atom is -0.0888 e. The van der Waals surface area contributed by atoms with Crippen molar-refractivity contribution >= 4 is 22.5 Å². The Balaban J connectivity index is 1.16. The van der Waals surface area contributed by atoms with E-state index >= 15 is 0 Å². The second-order valence-corrected chi connectivity index (χ2v) is 14.2. The van der Waals surface area contributed by atoms with E-state index in [1.165, 1.54) is 98.5 Å². The predicted octanol–water partition coefficient (Wildman–Crippen LogP) is 12.6. The Bertz CT molecular complexity index is 2610. The highest BCUT2D eigenvalue weighted by Gasteiger charge is 2.52. The molecule has 0 aromatic heterocycles. The molecule has 0 N–H and O–H groups in total. The molecule has 0 bridgehead atoms. The van der Waals surface area contributed by atoms with Gasteiger partial charge in [0.15, 0.2) is 0 Å². The molecule has 0 saturated carbocycles. The Morgan fingerprint density at radius 3 is 1.62 bits per heavy atom. The molecule has 0 atom stereocenters. The fourth-order valence-electron chi connectivity index (χ4n) is 9.07. The average molecular weight is 625 g/mol. The van der Waals surface area contributed by atoms with E-state index in [0.717, 1.165) is 0 Å². The van der Waals surface area contributed by atoms with Gasteiger partial charge >= 0.3 is 0 Å². The van der Waals surface area contributed by atoms with Crippen molar-refractivity contribution in [3.05, 3.63) is 192 Å². The largest absolute Gasteiger partial charge is 0.0888 e. The van der Waals surface area contributed by atoms with E-state index in [4.69, 9.17) is 0 Å². The number of hydrogen-bond donors (Lipinski definition) is 0. The highest BCUT2D eigenvalue weighted by Crippen LogP contribution is 2.64. The molecule has 1 spiro atoms. The van der Waals surface area contributed by atoms with E-state index in [9.17, 15) is 0 Å². The van der Waals surface area contributed by atoms with Crippen molar-refractivity contribution < 1.29 is 0 Å². The lowest BCUT2D eigenvalue weighted by molar-refractivity contribution is 0.794. The van der Waals surface area contributed by atoms with Crippen LogP contribution in [0.4, 0.5) is 0 Å². The Labute approximate surface area is 284 Å². The van der Waals surface area contributed by atoms with Crippen LogP contribution in [-0.2, 0) is 5.41 Å². The van der Waals surface area contributed by atoms with Crippen LogP contribution in [0.5, 0.6) is 0 Å². The van der Waals surface area contributed by atoms with Crippen LogP contribution in [0.2, 0.25) is 0 Å². The Morgan fingerprint density at radius 2 is 0.875 bits per heavy atom. The molecule has 48 heavy (non-hydrogen) atoms. The molecule has 11 rings (SSSR count). The molecular weight excluding hydrogens is 597 g/mol. The van der Waals surface area contributed by atoms with Crippen molar-refractivity contribution in [3.8, 4) is 55.6 Å². The number of rotatable bonds is 2. The third-order valence-electron chi connectivity index (χ3n) is 10.9. The lowest BCUT2D eigenvalue weighted by atomic mass is 9.70. The zero-order chi connectivity index (χ0) is 31.4. The van der Waals surface area contributed by atoms with Gasteiger partial charge in [-0.2, -0.15) is 0 Å². The van der Waals surface area contributed by atoms with Crippen LogP contribution in [0.15, 0.2) is 180 Å². The predicted molar refractivity (Wildman–Crippen MR) is 201 cm³/mol. The van der Waals surface area contributed by atoms with Crippen molar-refractivity contribution in [2.45, 2.75) is 15.2 Å². The number of fused-ring (bicyclic) bond motifs is 12. The lowest BCUT2D eigenvalue weighted by Gasteiger charge is -2.30. The van der Waals surface area contributed by atoms with Crippen LogP contribution >= 0.6 is 11.8 Å². The van der Waals surface area contributed by atoms with E-state index < -0.39 is 0 Å². The monoisotopic (exact) mass is 624 g/mol. The van der Waals surface area contributed by atoms with Crippen molar-refractivity contribution in [2.24, 2.45) is 0 Å². The minimum absolute atomic E-state index is 0.348. The van der Waals surface area contributed by atoms with E-state index in [0.29, 0.717) is 0 Å². The van der Waals surface area contributed by atoms with Gasteiger partial charge in [0, 0.05) is 15.2 Å². The molecule has 8 aromatic rings. The molecule has 1 heteroatoms. The molecule has 0 saturated heterocycles. The normalized spacial score (nSPS) is 13.9. The highest BCUT2D eigenvalue weighted by molar-refractivity contribution is 7.99. The summed E-state index contributed by atoms with van der Waals surface area (Å²) in [6, 6.07) is 63.7. The van der Waals surface area contributed by atoms with Gasteiger partial charge in [-0.3, -0.25) is 0 Å². The van der Waals surface area contributed by atoms with Gasteiger partial charge in [-0.25, -0.2) is 0 Å². The minimum atomic E-state index is -0.348. The van der Waals surface area contributed by atoms with Crippen LogP contribution in [0.25, 0.3) is 66.4 Å². The summed E-state index contributed by atoms with van der Waals surface area (Å²) in [5.74, 6) is 0. The summed E-state index contributed by atoms with van der Waals surface area (Å²) in [5.41, 5.74) is 18.2. The SMILES string of the molecule is c1ccc(-c2cccc3c2-c2ccccc2C32c3ccccc3-c3ccccc32)c(-c2ccc3c(c2)-c2cccc4cccc(c24)S3)c1. The zero-order valence-electron chi connectivity index (χ0n) is 26.1. The second-order valence-electron chi connectivity index (χ2n) is 13.1. The standard InChI is InChI=1S/C47H28S/c1-2-15-32(31(14-1)30-26-27-43-38(28-30)36-19-9-12-29-13-10-25-44(48-43)45(29)36)35-20-11-24-42-46(35)37-18-5-8-23-41(37)47(42)39-21-6-3-16-33(39)34-17-4-7-22-40(34)47/h1-28H. The van der Waals surface area contributed by atoms with Gasteiger partial charge < -0.3 is 0 Å². The molecule has 0 amide bonds. The second kappa shape index (κ2) is 9.70. The molecule has 2 aliphatic carbocycles. The summed E-state index contributed by atoms with van der Waals surface area (Å²) in [5, 5.41) is 2.67. The quantitative estimate of drug-likeness (QED) is 0.184. The first-order chi connectivity index (χ1) is 23.8. The van der Waals surface area contributed by atoms with E-state index in [1.54, 1.807) is 0 Å². The maximum absolute atomic E-state index is 2.42. The molecule has 1 aliphatic heterocycles. The van der Waals surface area contributed by atoms with Gasteiger partial charge in [0.05, 0.1) is 5.41 Å². The first kappa shape index (κ1) is 26.4. The molecule has 0 nitrogen and oxygen atoms in total. The van der Waals surface area contributed by atoms with E-state index in [-0.39, 0.29) is 5.41 Å². The van der Waals surface area contributed by atoms with Gasteiger partial charge in [-0.05, 0) is 101 Å². The van der Waals surface area contributed by atoms with Crippen molar-refractivity contribution in [3.63, 3.8) is 0 Å². The molecule has 222 valence electrons. The van der Waals surface area contributed by atoms with Crippen LogP contribution in [0.3, 0.4) is 0 Å². The molecular formula is C47H28S. The smallest absolute Gasteiger partial charge is 0.0725 e. The van der Waals surface area contributed by atoms with Gasteiger partial charge in [-0.15, -0.1) is 0 Å². The molecule has 1 heterocycles. The zero-order valence-corrected chi connectivity index (χ0v) is 26.9. The topological polar surface area (TPSA) is 0 Å². The van der Waals surface area contributed by atoms with Crippen molar-refractivity contribution in [1.29, 1.82) is 0 Å². The van der Waals surface area contributed by atoms with Gasteiger partial charge in [0.25, 0.3) is 0 Å². The van der Waals surface area contributed by atoms with Crippen LogP contribution < -0.4 is 0 Å². The van der Waals surface area contributed by atoms with Crippen molar-refractivity contribution in [2.75, 3.05) is 0 Å². The summed E-state index contributed by atoms with van der Waals surface area (Å²) in [4.78, 5) is 2.66. The molecule has 0 fully saturated rings. The van der Waals surface area contributed by atoms with Crippen LogP contribution in [0.1, 0.15) is 22.3 Å². The Morgan fingerprint density at radius 1 is 0.333 bits per heavy atom. The third-order valence-corrected chi connectivity index (χ3v) is 12.0. The Hall–Kier alpha value is -5.63. The molecule has 3 aliphatic rings. The maximum Gasteiger partial charge on any atom is 0.0725 e. The Kier molecular flexibility index (Phi) is 5.34. The fraction of sp³-hybridized carbons (Fsp3) is 0.0213. The first-order valence-electron chi connectivity index (χ1n) is 16.7. The van der Waals surface area contributed by atoms with Crippen LogP contribution in [-0.4, -0.2) is 0 Å². The summed E-state index contributed by atoms with van der Waals surface area (Å²) < 4.78 is 0. The van der Waals surface area contributed by atoms with Gasteiger partial charge in [0.2, 0.25) is 0 Å². The lowest BCUT2D eigenvalue weighted by Crippen LogP contribution is -2.25. The third kappa shape index (κ3) is 3.32. The maximum atomic E-state index is 2.42. The van der Waals surface area contributed by atoms with Crippen LogP contribution in [0, 0.1) is 0 Å². The van der Waals surface area contributed by atoms with Crippen molar-refractivity contribution in [1.82, 2.24) is 0 Å². The number of hydrogen-bond acceptors (Lipinski definition) is 1. The van der Waals surface area contributed by atoms with Gasteiger partial charge in [-0.1, -0.05) is 163 Å². The molecule has 0 unspecified atom stereocenters.